The predicted octanol–water partition coefficient (Wildman–Crippen LogP) is 4.89. The standard InChI is InChI=1S/C25H23N2O4P/c1-30-32(29,31-2)23-17-26(21-14-8-6-12-19(21)23)24-20-13-7-9-15-22(20)27(25(24)28)16-18-10-4-3-5-11-18/h3-15,17,24H,16H2,1-2H3. The van der Waals surface area contributed by atoms with E-state index in [2.05, 4.69) is 0 Å². The lowest BCUT2D eigenvalue weighted by Gasteiger charge is -2.19. The summed E-state index contributed by atoms with van der Waals surface area (Å²) in [5, 5.41) is 1.19. The van der Waals surface area contributed by atoms with Gasteiger partial charge in [-0.15, -0.1) is 0 Å². The van der Waals surface area contributed by atoms with E-state index < -0.39 is 13.6 Å². The van der Waals surface area contributed by atoms with Crippen LogP contribution in [0.2, 0.25) is 0 Å². The molecular weight excluding hydrogens is 423 g/mol. The Bertz CT molecular complexity index is 1340. The summed E-state index contributed by atoms with van der Waals surface area (Å²) in [6, 6.07) is 24.8. The SMILES string of the molecule is COP(=O)(OC)c1cn(C2C(=O)N(Cc3ccccc3)c3ccccc32)c2ccccc12. The number of hydrogen-bond acceptors (Lipinski definition) is 4. The third-order valence-electron chi connectivity index (χ3n) is 5.98. The van der Waals surface area contributed by atoms with E-state index in [1.165, 1.54) is 14.2 Å². The summed E-state index contributed by atoms with van der Waals surface area (Å²) < 4.78 is 25.7. The van der Waals surface area contributed by atoms with Crippen molar-refractivity contribution in [1.29, 1.82) is 0 Å². The van der Waals surface area contributed by atoms with E-state index in [0.29, 0.717) is 11.8 Å². The fourth-order valence-corrected chi connectivity index (χ4v) is 5.74. The molecule has 0 spiro atoms. The maximum atomic E-state index is 13.8. The summed E-state index contributed by atoms with van der Waals surface area (Å²) in [5.74, 6) is -0.0352. The van der Waals surface area contributed by atoms with E-state index in [4.69, 9.17) is 9.05 Å². The Hall–Kier alpha value is -3.18. The smallest absolute Gasteiger partial charge is 0.330 e. The Balaban J connectivity index is 1.67. The minimum absolute atomic E-state index is 0.0352. The molecule has 3 aromatic carbocycles. The first-order valence-corrected chi connectivity index (χ1v) is 11.9. The van der Waals surface area contributed by atoms with Crippen LogP contribution in [0.25, 0.3) is 10.9 Å². The number of aromatic nitrogens is 1. The van der Waals surface area contributed by atoms with Gasteiger partial charge in [0.25, 0.3) is 5.91 Å². The molecule has 1 amide bonds. The molecule has 32 heavy (non-hydrogen) atoms. The van der Waals surface area contributed by atoms with Crippen molar-refractivity contribution in [2.45, 2.75) is 12.6 Å². The maximum Gasteiger partial charge on any atom is 0.362 e. The molecule has 1 aromatic heterocycles. The summed E-state index contributed by atoms with van der Waals surface area (Å²) in [5.41, 5.74) is 3.64. The first-order chi connectivity index (χ1) is 15.6. The average Bonchev–Trinajstić information content (AvgIpc) is 3.35. The van der Waals surface area contributed by atoms with E-state index in [1.54, 1.807) is 6.20 Å². The number of benzene rings is 3. The second-order valence-corrected chi connectivity index (χ2v) is 9.88. The molecule has 1 aliphatic heterocycles. The number of amides is 1. The molecule has 5 rings (SSSR count). The fraction of sp³-hybridized carbons (Fsp3) is 0.160. The molecule has 1 aliphatic rings. The Morgan fingerprint density at radius 1 is 0.875 bits per heavy atom. The number of hydrogen-bond donors (Lipinski definition) is 0. The highest BCUT2D eigenvalue weighted by Crippen LogP contribution is 2.49. The van der Waals surface area contributed by atoms with Gasteiger partial charge in [0.2, 0.25) is 0 Å². The highest BCUT2D eigenvalue weighted by Gasteiger charge is 2.40. The van der Waals surface area contributed by atoms with Gasteiger partial charge >= 0.3 is 7.60 Å². The number of carbonyl (C=O) groups is 1. The minimum Gasteiger partial charge on any atom is -0.330 e. The number of carbonyl (C=O) groups excluding carboxylic acids is 1. The normalized spacial score (nSPS) is 16.0. The largest absolute Gasteiger partial charge is 0.362 e. The van der Waals surface area contributed by atoms with E-state index in [0.717, 1.165) is 27.7 Å². The van der Waals surface area contributed by atoms with Crippen LogP contribution in [-0.2, 0) is 25.0 Å². The molecule has 0 fully saturated rings. The molecule has 2 heterocycles. The first-order valence-electron chi connectivity index (χ1n) is 10.3. The van der Waals surface area contributed by atoms with Crippen molar-refractivity contribution in [3.63, 3.8) is 0 Å². The van der Waals surface area contributed by atoms with Crippen molar-refractivity contribution in [2.24, 2.45) is 0 Å². The quantitative estimate of drug-likeness (QED) is 0.396. The summed E-state index contributed by atoms with van der Waals surface area (Å²) in [7, 11) is -0.780. The van der Waals surface area contributed by atoms with Crippen molar-refractivity contribution in [3.05, 3.63) is 96.2 Å². The molecule has 0 radical (unpaired) electrons. The van der Waals surface area contributed by atoms with Gasteiger partial charge in [-0.3, -0.25) is 9.36 Å². The molecule has 1 atom stereocenters. The summed E-state index contributed by atoms with van der Waals surface area (Å²) in [6.07, 6.45) is 1.74. The summed E-state index contributed by atoms with van der Waals surface area (Å²) in [6.45, 7) is 0.480. The predicted molar refractivity (Wildman–Crippen MR) is 125 cm³/mol. The molecule has 0 N–H and O–H groups in total. The number of rotatable bonds is 6. The number of fused-ring (bicyclic) bond motifs is 2. The van der Waals surface area contributed by atoms with Crippen LogP contribution in [0.4, 0.5) is 5.69 Å². The van der Waals surface area contributed by atoms with Crippen molar-refractivity contribution >= 4 is 35.4 Å². The number of nitrogens with zero attached hydrogens (tertiary/aromatic N) is 2. The van der Waals surface area contributed by atoms with E-state index >= 15 is 0 Å². The lowest BCUT2D eigenvalue weighted by molar-refractivity contribution is -0.119. The number of anilines is 1. The van der Waals surface area contributed by atoms with Gasteiger partial charge in [0.15, 0.2) is 0 Å². The highest BCUT2D eigenvalue weighted by atomic mass is 31.2. The van der Waals surface area contributed by atoms with Crippen molar-refractivity contribution in [1.82, 2.24) is 4.57 Å². The Morgan fingerprint density at radius 2 is 1.53 bits per heavy atom. The lowest BCUT2D eigenvalue weighted by Crippen LogP contribution is -2.30. The van der Waals surface area contributed by atoms with Crippen LogP contribution in [0, 0.1) is 0 Å². The second-order valence-electron chi connectivity index (χ2n) is 7.67. The molecule has 162 valence electrons. The Labute approximate surface area is 186 Å². The lowest BCUT2D eigenvalue weighted by atomic mass is 10.1. The van der Waals surface area contributed by atoms with Crippen molar-refractivity contribution < 1.29 is 18.4 Å². The highest BCUT2D eigenvalue weighted by molar-refractivity contribution is 7.62. The molecule has 0 saturated heterocycles. The topological polar surface area (TPSA) is 60.8 Å². The van der Waals surface area contributed by atoms with Gasteiger partial charge in [0, 0.05) is 42.6 Å². The third-order valence-corrected chi connectivity index (χ3v) is 7.89. The van der Waals surface area contributed by atoms with Gasteiger partial charge in [-0.25, -0.2) is 0 Å². The van der Waals surface area contributed by atoms with Crippen LogP contribution in [-0.4, -0.2) is 24.7 Å². The van der Waals surface area contributed by atoms with Crippen LogP contribution < -0.4 is 10.2 Å². The van der Waals surface area contributed by atoms with Gasteiger partial charge in [0.1, 0.15) is 6.04 Å². The molecule has 0 bridgehead atoms. The maximum absolute atomic E-state index is 13.8. The Kier molecular flexibility index (Phi) is 5.22. The monoisotopic (exact) mass is 446 g/mol. The van der Waals surface area contributed by atoms with Crippen molar-refractivity contribution in [3.8, 4) is 0 Å². The molecule has 1 unspecified atom stereocenters. The zero-order valence-electron chi connectivity index (χ0n) is 17.8. The van der Waals surface area contributed by atoms with E-state index in [1.807, 2.05) is 88.3 Å². The minimum atomic E-state index is -3.52. The second kappa shape index (κ2) is 8.06. The zero-order chi connectivity index (χ0) is 22.3. The third kappa shape index (κ3) is 3.19. The van der Waals surface area contributed by atoms with Gasteiger partial charge in [0.05, 0.1) is 11.8 Å². The van der Waals surface area contributed by atoms with Crippen LogP contribution in [0.15, 0.2) is 85.1 Å². The van der Waals surface area contributed by atoms with Gasteiger partial charge < -0.3 is 18.5 Å². The van der Waals surface area contributed by atoms with Crippen LogP contribution in [0.1, 0.15) is 17.2 Å². The summed E-state index contributed by atoms with van der Waals surface area (Å²) >= 11 is 0. The van der Waals surface area contributed by atoms with E-state index in [-0.39, 0.29) is 5.91 Å². The average molecular weight is 446 g/mol. The van der Waals surface area contributed by atoms with Crippen LogP contribution in [0.3, 0.4) is 0 Å². The Morgan fingerprint density at radius 3 is 2.28 bits per heavy atom. The van der Waals surface area contributed by atoms with Crippen molar-refractivity contribution in [2.75, 3.05) is 19.1 Å². The van der Waals surface area contributed by atoms with Gasteiger partial charge in [-0.2, -0.15) is 0 Å². The van der Waals surface area contributed by atoms with Crippen LogP contribution >= 0.6 is 7.60 Å². The molecule has 7 heteroatoms. The van der Waals surface area contributed by atoms with Crippen LogP contribution in [0.5, 0.6) is 0 Å². The van der Waals surface area contributed by atoms with Gasteiger partial charge in [-0.05, 0) is 17.7 Å². The molecule has 6 nitrogen and oxygen atoms in total. The number of para-hydroxylation sites is 2. The summed E-state index contributed by atoms with van der Waals surface area (Å²) in [4.78, 5) is 15.6. The molecular formula is C25H23N2O4P. The molecule has 0 saturated carbocycles. The zero-order valence-corrected chi connectivity index (χ0v) is 18.7. The van der Waals surface area contributed by atoms with Gasteiger partial charge in [-0.1, -0.05) is 66.7 Å². The molecule has 0 aliphatic carbocycles. The first kappa shape index (κ1) is 20.7. The molecule has 4 aromatic rings. The van der Waals surface area contributed by atoms with E-state index in [9.17, 15) is 9.36 Å². The fourth-order valence-electron chi connectivity index (χ4n) is 4.45.